The van der Waals surface area contributed by atoms with Crippen LogP contribution >= 0.6 is 0 Å². The van der Waals surface area contributed by atoms with Crippen LogP contribution in [0.3, 0.4) is 0 Å². The van der Waals surface area contributed by atoms with Crippen LogP contribution in [0.15, 0.2) is 18.2 Å². The van der Waals surface area contributed by atoms with Gasteiger partial charge in [-0.3, -0.25) is 19.4 Å². The Balaban J connectivity index is 1.82. The zero-order chi connectivity index (χ0) is 32.7. The lowest BCUT2D eigenvalue weighted by atomic mass is 9.79. The molecule has 2 aliphatic rings. The minimum absolute atomic E-state index is 0.0250. The van der Waals surface area contributed by atoms with Crippen LogP contribution in [0.2, 0.25) is 0 Å². The van der Waals surface area contributed by atoms with E-state index in [0.717, 1.165) is 12.0 Å². The van der Waals surface area contributed by atoms with E-state index >= 15 is 0 Å². The highest BCUT2D eigenvalue weighted by molar-refractivity contribution is 6.05. The summed E-state index contributed by atoms with van der Waals surface area (Å²) >= 11 is 0. The van der Waals surface area contributed by atoms with Gasteiger partial charge in [0.1, 0.15) is 11.3 Å². The summed E-state index contributed by atoms with van der Waals surface area (Å²) in [5, 5.41) is 0.452. The summed E-state index contributed by atoms with van der Waals surface area (Å²) in [5.41, 5.74) is 5.91. The van der Waals surface area contributed by atoms with E-state index in [9.17, 15) is 24.0 Å². The van der Waals surface area contributed by atoms with Gasteiger partial charge in [0.2, 0.25) is 11.5 Å². The lowest BCUT2D eigenvalue weighted by Gasteiger charge is -2.40. The number of aromatic nitrogens is 1. The lowest BCUT2D eigenvalue weighted by molar-refractivity contribution is -0.169. The number of nitrogens with zero attached hydrogens (tertiary/aromatic N) is 3. The van der Waals surface area contributed by atoms with Gasteiger partial charge in [-0.25, -0.2) is 9.59 Å². The fourth-order valence-electron chi connectivity index (χ4n) is 5.68. The first-order valence-electron chi connectivity index (χ1n) is 15.5. The lowest BCUT2D eigenvalue weighted by Crippen LogP contribution is -2.52. The van der Waals surface area contributed by atoms with E-state index in [1.807, 2.05) is 13.0 Å². The monoisotopic (exact) mass is 626 g/mol. The van der Waals surface area contributed by atoms with Crippen LogP contribution in [-0.2, 0) is 28.6 Å². The number of hydrogen-bond donors (Lipinski definition) is 1. The molecule has 1 unspecified atom stereocenters. The number of aryl methyl sites for hydroxylation is 1. The number of primary amides is 1. The normalized spacial score (nSPS) is 16.4. The SMILES string of the molecule is CCOC(=O)CCC(C(=O)N1CCN(C(=O)OCC)CC1)c1nc2cc(C)ccc2c(OC2(C(=O)OCC)CCC2)c1C(N)=O. The number of carbonyl (C=O) groups excluding carboxylic acids is 5. The van der Waals surface area contributed by atoms with Crippen molar-refractivity contribution in [3.63, 3.8) is 0 Å². The van der Waals surface area contributed by atoms with E-state index in [1.165, 1.54) is 4.90 Å². The van der Waals surface area contributed by atoms with Crippen LogP contribution in [0.5, 0.6) is 5.75 Å². The molecule has 244 valence electrons. The Hall–Kier alpha value is -4.42. The first-order chi connectivity index (χ1) is 21.5. The van der Waals surface area contributed by atoms with E-state index < -0.39 is 35.5 Å². The molecule has 1 aromatic carbocycles. The molecule has 13 nitrogen and oxygen atoms in total. The minimum atomic E-state index is -1.31. The molecule has 1 saturated heterocycles. The predicted molar refractivity (Wildman–Crippen MR) is 163 cm³/mol. The van der Waals surface area contributed by atoms with Crippen molar-refractivity contribution in [3.05, 3.63) is 35.0 Å². The zero-order valence-corrected chi connectivity index (χ0v) is 26.4. The molecule has 13 heteroatoms. The fraction of sp³-hybridized carbons (Fsp3) is 0.562. The van der Waals surface area contributed by atoms with Gasteiger partial charge >= 0.3 is 18.0 Å². The van der Waals surface area contributed by atoms with E-state index in [1.54, 1.807) is 37.8 Å². The Labute approximate surface area is 262 Å². The van der Waals surface area contributed by atoms with Gasteiger partial charge in [0.05, 0.1) is 36.9 Å². The smallest absolute Gasteiger partial charge is 0.409 e. The molecule has 1 aromatic heterocycles. The maximum Gasteiger partial charge on any atom is 0.409 e. The molecule has 4 rings (SSSR count). The van der Waals surface area contributed by atoms with Gasteiger partial charge in [-0.1, -0.05) is 6.07 Å². The number of esters is 2. The minimum Gasteiger partial charge on any atom is -0.474 e. The maximum absolute atomic E-state index is 14.2. The number of hydrogen-bond acceptors (Lipinski definition) is 10. The van der Waals surface area contributed by atoms with Gasteiger partial charge in [-0.2, -0.15) is 0 Å². The van der Waals surface area contributed by atoms with E-state index in [4.69, 9.17) is 29.7 Å². The van der Waals surface area contributed by atoms with Gasteiger partial charge in [0, 0.05) is 38.0 Å². The number of fused-ring (bicyclic) bond motifs is 1. The number of piperazine rings is 1. The van der Waals surface area contributed by atoms with Crippen LogP contribution in [0.4, 0.5) is 4.79 Å². The van der Waals surface area contributed by atoms with Crippen molar-refractivity contribution in [2.24, 2.45) is 5.73 Å². The molecule has 1 saturated carbocycles. The van der Waals surface area contributed by atoms with Crippen molar-refractivity contribution in [3.8, 4) is 5.75 Å². The van der Waals surface area contributed by atoms with Gasteiger partial charge in [-0.15, -0.1) is 0 Å². The first kappa shape index (κ1) is 33.5. The second kappa shape index (κ2) is 14.6. The third-order valence-electron chi connectivity index (χ3n) is 8.16. The first-order valence-corrected chi connectivity index (χ1v) is 15.5. The third kappa shape index (κ3) is 7.29. The molecular weight excluding hydrogens is 584 g/mol. The molecule has 0 radical (unpaired) electrons. The van der Waals surface area contributed by atoms with Crippen molar-refractivity contribution < 1.29 is 42.9 Å². The highest BCUT2D eigenvalue weighted by Crippen LogP contribution is 2.43. The van der Waals surface area contributed by atoms with Gasteiger partial charge in [0.25, 0.3) is 5.91 Å². The summed E-state index contributed by atoms with van der Waals surface area (Å²) < 4.78 is 22.0. The maximum atomic E-state index is 14.2. The summed E-state index contributed by atoms with van der Waals surface area (Å²) in [4.78, 5) is 73.2. The van der Waals surface area contributed by atoms with Crippen LogP contribution in [0.1, 0.15) is 80.4 Å². The van der Waals surface area contributed by atoms with Crippen LogP contribution in [-0.4, -0.2) is 96.2 Å². The number of rotatable bonds is 12. The van der Waals surface area contributed by atoms with Crippen molar-refractivity contribution >= 4 is 40.7 Å². The Morgan fingerprint density at radius 3 is 2.16 bits per heavy atom. The summed E-state index contributed by atoms with van der Waals surface area (Å²) in [6, 6.07) is 5.36. The summed E-state index contributed by atoms with van der Waals surface area (Å²) in [6.07, 6.45) is 0.873. The number of amides is 3. The molecule has 45 heavy (non-hydrogen) atoms. The quantitative estimate of drug-likeness (QED) is 0.273. The van der Waals surface area contributed by atoms with E-state index in [0.29, 0.717) is 23.7 Å². The average Bonchev–Trinajstić information content (AvgIpc) is 2.98. The number of ether oxygens (including phenoxy) is 4. The molecule has 3 amide bonds. The molecule has 0 spiro atoms. The van der Waals surface area contributed by atoms with Gasteiger partial charge < -0.3 is 34.5 Å². The van der Waals surface area contributed by atoms with Crippen molar-refractivity contribution in [2.45, 2.75) is 71.3 Å². The molecule has 2 N–H and O–H groups in total. The zero-order valence-electron chi connectivity index (χ0n) is 26.4. The Bertz CT molecular complexity index is 1450. The van der Waals surface area contributed by atoms with Crippen LogP contribution < -0.4 is 10.5 Å². The highest BCUT2D eigenvalue weighted by atomic mass is 16.6. The number of pyridine rings is 1. The molecule has 2 fully saturated rings. The molecule has 2 aromatic rings. The highest BCUT2D eigenvalue weighted by Gasteiger charge is 2.49. The van der Waals surface area contributed by atoms with Crippen molar-refractivity contribution in [1.82, 2.24) is 14.8 Å². The molecule has 2 heterocycles. The third-order valence-corrected chi connectivity index (χ3v) is 8.16. The van der Waals surface area contributed by atoms with Crippen molar-refractivity contribution in [1.29, 1.82) is 0 Å². The van der Waals surface area contributed by atoms with Crippen molar-refractivity contribution in [2.75, 3.05) is 46.0 Å². The van der Waals surface area contributed by atoms with E-state index in [-0.39, 0.29) is 81.8 Å². The van der Waals surface area contributed by atoms with Gasteiger partial charge in [0.15, 0.2) is 0 Å². The second-order valence-corrected chi connectivity index (χ2v) is 11.2. The van der Waals surface area contributed by atoms with Gasteiger partial charge in [-0.05, 0) is 71.1 Å². The fourth-order valence-corrected chi connectivity index (χ4v) is 5.68. The molecule has 1 aliphatic heterocycles. The molecule has 1 aliphatic carbocycles. The average molecular weight is 627 g/mol. The largest absolute Gasteiger partial charge is 0.474 e. The number of benzene rings is 1. The van der Waals surface area contributed by atoms with E-state index in [2.05, 4.69) is 0 Å². The molecule has 0 bridgehead atoms. The Kier molecular flexibility index (Phi) is 10.8. The summed E-state index contributed by atoms with van der Waals surface area (Å²) in [6.45, 7) is 8.46. The second-order valence-electron chi connectivity index (χ2n) is 11.2. The number of carbonyl (C=O) groups is 5. The number of nitrogens with two attached hydrogens (primary N) is 1. The topological polar surface area (TPSA) is 168 Å². The Morgan fingerprint density at radius 1 is 0.933 bits per heavy atom. The molecule has 1 atom stereocenters. The Morgan fingerprint density at radius 2 is 1.58 bits per heavy atom. The van der Waals surface area contributed by atoms with Crippen LogP contribution in [0, 0.1) is 6.92 Å². The molecular formula is C32H42N4O9. The van der Waals surface area contributed by atoms with Crippen LogP contribution in [0.25, 0.3) is 10.9 Å². The predicted octanol–water partition coefficient (Wildman–Crippen LogP) is 3.23. The summed E-state index contributed by atoms with van der Waals surface area (Å²) in [5.74, 6) is -3.37. The standard InChI is InChI=1S/C32H42N4O9/c1-5-42-24(37)12-11-22(29(39)35-15-17-36(18-16-35)31(41)44-7-3)26-25(28(33)38)27(21-10-9-20(4)19-23(21)34-26)45-32(13-8-14-32)30(40)43-6-2/h9-10,19,22H,5-8,11-18H2,1-4H3,(H2,33,38). The summed E-state index contributed by atoms with van der Waals surface area (Å²) in [7, 11) is 0.